The lowest BCUT2D eigenvalue weighted by Gasteiger charge is -2.25. The fourth-order valence-electron chi connectivity index (χ4n) is 3.10. The quantitative estimate of drug-likeness (QED) is 0.576. The first-order chi connectivity index (χ1) is 13.5. The van der Waals surface area contributed by atoms with Crippen LogP contribution in [-0.4, -0.2) is 50.8 Å². The van der Waals surface area contributed by atoms with Crippen molar-refractivity contribution in [3.05, 3.63) is 52.9 Å². The van der Waals surface area contributed by atoms with E-state index in [4.69, 9.17) is 0 Å². The van der Waals surface area contributed by atoms with Crippen LogP contribution in [0, 0.1) is 0 Å². The number of piperidine rings is 1. The lowest BCUT2D eigenvalue weighted by Crippen LogP contribution is -2.36. The molecule has 2 aromatic rings. The Bertz CT molecular complexity index is 886. The summed E-state index contributed by atoms with van der Waals surface area (Å²) in [4.78, 5) is 7.56. The van der Waals surface area contributed by atoms with E-state index >= 15 is 0 Å². The molecule has 0 spiro atoms. The molecule has 6 nitrogen and oxygen atoms in total. The Labute approximate surface area is 171 Å². The van der Waals surface area contributed by atoms with Crippen molar-refractivity contribution in [1.29, 1.82) is 0 Å². The summed E-state index contributed by atoms with van der Waals surface area (Å²) in [7, 11) is 0.525. The zero-order valence-electron chi connectivity index (χ0n) is 16.5. The highest BCUT2D eigenvalue weighted by Gasteiger charge is 2.27. The maximum atomic E-state index is 12.8. The Morgan fingerprint density at radius 2 is 1.82 bits per heavy atom. The lowest BCUT2D eigenvalue weighted by molar-refractivity contribution is 0.347. The van der Waals surface area contributed by atoms with Crippen LogP contribution in [0.5, 0.6) is 0 Å². The van der Waals surface area contributed by atoms with Crippen LogP contribution < -0.4 is 5.32 Å². The number of sulfonamides is 1. The van der Waals surface area contributed by atoms with Crippen LogP contribution in [0.25, 0.3) is 0 Å². The molecule has 152 valence electrons. The maximum absolute atomic E-state index is 12.8. The number of rotatable bonds is 6. The first-order valence-electron chi connectivity index (χ1n) is 9.55. The van der Waals surface area contributed by atoms with Crippen molar-refractivity contribution >= 4 is 27.3 Å². The van der Waals surface area contributed by atoms with Gasteiger partial charge in [0.15, 0.2) is 5.96 Å². The fraction of sp³-hybridized carbons (Fsp3) is 0.450. The standard InChI is InChI=1S/C20H28N4O2S2/c1-23(2)20(21-15-17-9-5-3-6-10-17)22-16-18-11-12-19(27-18)28(25,26)24-13-7-4-8-14-24/h3,5-6,9-12H,4,7-8,13-16H2,1-2H3,(H,21,22). The summed E-state index contributed by atoms with van der Waals surface area (Å²) in [6, 6.07) is 13.7. The number of nitrogens with one attached hydrogen (secondary N) is 1. The summed E-state index contributed by atoms with van der Waals surface area (Å²) in [5.41, 5.74) is 1.15. The van der Waals surface area contributed by atoms with Gasteiger partial charge in [-0.15, -0.1) is 11.3 Å². The summed E-state index contributed by atoms with van der Waals surface area (Å²) < 4.78 is 27.6. The van der Waals surface area contributed by atoms with Crippen LogP contribution >= 0.6 is 11.3 Å². The van der Waals surface area contributed by atoms with Crippen molar-refractivity contribution in [2.75, 3.05) is 27.2 Å². The third kappa shape index (κ3) is 5.33. The third-order valence-corrected chi connectivity index (χ3v) is 8.10. The zero-order chi connectivity index (χ0) is 20.0. The summed E-state index contributed by atoms with van der Waals surface area (Å²) >= 11 is 1.34. The molecule has 8 heteroatoms. The number of hydrogen-bond acceptors (Lipinski definition) is 4. The second-order valence-electron chi connectivity index (χ2n) is 7.06. The predicted octanol–water partition coefficient (Wildman–Crippen LogP) is 3.13. The molecule has 0 unspecified atom stereocenters. The van der Waals surface area contributed by atoms with E-state index < -0.39 is 10.0 Å². The summed E-state index contributed by atoms with van der Waals surface area (Å²) in [5.74, 6) is 0.776. The Hall–Kier alpha value is -1.90. The molecule has 0 atom stereocenters. The van der Waals surface area contributed by atoms with E-state index in [0.29, 0.717) is 30.4 Å². The molecule has 28 heavy (non-hydrogen) atoms. The highest BCUT2D eigenvalue weighted by Crippen LogP contribution is 2.27. The minimum absolute atomic E-state index is 0.429. The average molecular weight is 421 g/mol. The molecule has 1 aliphatic heterocycles. The van der Waals surface area contributed by atoms with Crippen LogP contribution in [-0.2, 0) is 23.1 Å². The molecule has 1 fully saturated rings. The van der Waals surface area contributed by atoms with Crippen molar-refractivity contribution in [3.8, 4) is 0 Å². The molecular formula is C20H28N4O2S2. The van der Waals surface area contributed by atoms with Crippen LogP contribution in [0.15, 0.2) is 51.7 Å². The predicted molar refractivity (Wildman–Crippen MR) is 115 cm³/mol. The van der Waals surface area contributed by atoms with Crippen molar-refractivity contribution in [3.63, 3.8) is 0 Å². The highest BCUT2D eigenvalue weighted by atomic mass is 32.2. The topological polar surface area (TPSA) is 65.0 Å². The number of aliphatic imine (C=N–C) groups is 1. The number of guanidine groups is 1. The summed E-state index contributed by atoms with van der Waals surface area (Å²) in [6.07, 6.45) is 3.01. The largest absolute Gasteiger partial charge is 0.351 e. The number of benzene rings is 1. The monoisotopic (exact) mass is 420 g/mol. The molecular weight excluding hydrogens is 392 g/mol. The van der Waals surface area contributed by atoms with E-state index in [1.165, 1.54) is 11.3 Å². The van der Waals surface area contributed by atoms with Gasteiger partial charge >= 0.3 is 0 Å². The van der Waals surface area contributed by atoms with Crippen molar-refractivity contribution < 1.29 is 8.42 Å². The second kappa shape index (κ2) is 9.54. The number of thiophene rings is 1. The van der Waals surface area contributed by atoms with E-state index in [0.717, 1.165) is 35.7 Å². The molecule has 2 heterocycles. The van der Waals surface area contributed by atoms with Crippen LogP contribution in [0.3, 0.4) is 0 Å². The molecule has 0 saturated carbocycles. The Morgan fingerprint density at radius 3 is 2.50 bits per heavy atom. The first kappa shape index (κ1) is 20.8. The molecule has 0 amide bonds. The van der Waals surface area contributed by atoms with Crippen LogP contribution in [0.4, 0.5) is 0 Å². The van der Waals surface area contributed by atoms with E-state index in [-0.39, 0.29) is 0 Å². The first-order valence-corrected chi connectivity index (χ1v) is 11.8. The Kier molecular flexibility index (Phi) is 7.09. The highest BCUT2D eigenvalue weighted by molar-refractivity contribution is 7.91. The van der Waals surface area contributed by atoms with Gasteiger partial charge in [-0.25, -0.2) is 13.4 Å². The number of nitrogens with zero attached hydrogens (tertiary/aromatic N) is 3. The number of hydrogen-bond donors (Lipinski definition) is 1. The zero-order valence-corrected chi connectivity index (χ0v) is 18.1. The van der Waals surface area contributed by atoms with Gasteiger partial charge < -0.3 is 10.2 Å². The second-order valence-corrected chi connectivity index (χ2v) is 10.4. The normalized spacial score (nSPS) is 16.1. The van der Waals surface area contributed by atoms with Gasteiger partial charge in [0.25, 0.3) is 10.0 Å². The van der Waals surface area contributed by atoms with Gasteiger partial charge in [0.1, 0.15) is 4.21 Å². The molecule has 1 N–H and O–H groups in total. The Morgan fingerprint density at radius 1 is 1.11 bits per heavy atom. The minimum atomic E-state index is -3.36. The van der Waals surface area contributed by atoms with E-state index in [2.05, 4.69) is 10.3 Å². The summed E-state index contributed by atoms with van der Waals surface area (Å²) in [5, 5.41) is 3.33. The maximum Gasteiger partial charge on any atom is 0.252 e. The van der Waals surface area contributed by atoms with Crippen molar-refractivity contribution in [1.82, 2.24) is 14.5 Å². The van der Waals surface area contributed by atoms with Crippen molar-refractivity contribution in [2.45, 2.75) is 36.6 Å². The smallest absolute Gasteiger partial charge is 0.252 e. The van der Waals surface area contributed by atoms with Gasteiger partial charge in [-0.05, 0) is 30.5 Å². The van der Waals surface area contributed by atoms with Gasteiger partial charge in [-0.3, -0.25) is 0 Å². The molecule has 0 aliphatic carbocycles. The van der Waals surface area contributed by atoms with Crippen molar-refractivity contribution in [2.24, 2.45) is 4.99 Å². The molecule has 3 rings (SSSR count). The SMILES string of the molecule is CN(C)C(=NCc1ccccc1)NCc1ccc(S(=O)(=O)N2CCCCC2)s1. The fourth-order valence-corrected chi connectivity index (χ4v) is 6.06. The third-order valence-electron chi connectivity index (χ3n) is 4.64. The molecule has 0 radical (unpaired) electrons. The molecule has 1 aromatic heterocycles. The van der Waals surface area contributed by atoms with Crippen LogP contribution in [0.2, 0.25) is 0 Å². The minimum Gasteiger partial charge on any atom is -0.351 e. The molecule has 1 saturated heterocycles. The molecule has 1 aliphatic rings. The van der Waals surface area contributed by atoms with Gasteiger partial charge in [-0.2, -0.15) is 4.31 Å². The molecule has 1 aromatic carbocycles. The molecule has 0 bridgehead atoms. The average Bonchev–Trinajstić information content (AvgIpc) is 3.19. The van der Waals surface area contributed by atoms with Crippen LogP contribution in [0.1, 0.15) is 29.7 Å². The van der Waals surface area contributed by atoms with Gasteiger partial charge in [0, 0.05) is 32.1 Å². The van der Waals surface area contributed by atoms with Gasteiger partial charge in [0.05, 0.1) is 13.1 Å². The summed E-state index contributed by atoms with van der Waals surface area (Å²) in [6.45, 7) is 2.40. The van der Waals surface area contributed by atoms with E-state index in [9.17, 15) is 8.42 Å². The van der Waals surface area contributed by atoms with E-state index in [1.54, 1.807) is 10.4 Å². The van der Waals surface area contributed by atoms with Gasteiger partial charge in [-0.1, -0.05) is 36.8 Å². The van der Waals surface area contributed by atoms with Gasteiger partial charge in [0.2, 0.25) is 0 Å². The Balaban J connectivity index is 1.63. The van der Waals surface area contributed by atoms with E-state index in [1.807, 2.05) is 55.4 Å². The lowest BCUT2D eigenvalue weighted by atomic mass is 10.2.